The average Bonchev–Trinajstić information content (AvgIpc) is 3.38. The van der Waals surface area contributed by atoms with Gasteiger partial charge in [0.1, 0.15) is 5.82 Å². The number of rotatable bonds is 6. The van der Waals surface area contributed by atoms with E-state index in [0.29, 0.717) is 47.9 Å². The molecule has 0 amide bonds. The van der Waals surface area contributed by atoms with E-state index in [2.05, 4.69) is 35.8 Å². The van der Waals surface area contributed by atoms with E-state index in [-0.39, 0.29) is 0 Å². The number of H-pyrrole nitrogens is 1. The molecule has 144 valence electrons. The van der Waals surface area contributed by atoms with Gasteiger partial charge in [-0.1, -0.05) is 0 Å². The Morgan fingerprint density at radius 1 is 1.33 bits per heavy atom. The molecule has 0 bridgehead atoms. The first-order chi connectivity index (χ1) is 13.0. The van der Waals surface area contributed by atoms with Crippen LogP contribution in [0.25, 0.3) is 11.6 Å². The molecule has 12 heteroatoms. The number of nitrogens with one attached hydrogen (secondary N) is 3. The van der Waals surface area contributed by atoms with Crippen LogP contribution in [-0.2, 0) is 19.1 Å². The first kappa shape index (κ1) is 18.9. The van der Waals surface area contributed by atoms with Crippen molar-refractivity contribution < 1.29 is 17.6 Å². The lowest BCUT2D eigenvalue weighted by atomic mass is 10.4. The summed E-state index contributed by atoms with van der Waals surface area (Å²) in [5.74, 6) is 2.07. The van der Waals surface area contributed by atoms with E-state index in [1.807, 2.05) is 0 Å². The Labute approximate surface area is 155 Å². The average molecular weight is 399 g/mol. The molecule has 0 atom stereocenters. The molecule has 0 saturated carbocycles. The molecule has 0 spiro atoms. The highest BCUT2D eigenvalue weighted by Gasteiger charge is 2.33. The number of furan rings is 1. The molecule has 3 aromatic rings. The molecular weight excluding hydrogens is 383 g/mol. The second-order valence-electron chi connectivity index (χ2n) is 5.31. The minimum absolute atomic E-state index is 0.336. The fourth-order valence-electron chi connectivity index (χ4n) is 2.12. The molecule has 0 aliphatic carbocycles. The summed E-state index contributed by atoms with van der Waals surface area (Å²) >= 11 is 0.984. The van der Waals surface area contributed by atoms with Gasteiger partial charge in [-0.2, -0.15) is 13.2 Å². The zero-order chi connectivity index (χ0) is 19.3. The molecule has 3 heterocycles. The summed E-state index contributed by atoms with van der Waals surface area (Å²) in [6.45, 7) is 0.724. The third-order valence-electron chi connectivity index (χ3n) is 3.39. The normalized spacial score (nSPS) is 12.4. The molecule has 0 aromatic carbocycles. The Balaban J connectivity index is 1.45. The van der Waals surface area contributed by atoms with Gasteiger partial charge in [0, 0.05) is 25.4 Å². The number of guanidine groups is 1. The highest BCUT2D eigenvalue weighted by Crippen LogP contribution is 2.29. The number of aromatic amines is 1. The highest BCUT2D eigenvalue weighted by atomic mass is 32.1. The van der Waals surface area contributed by atoms with Gasteiger partial charge in [-0.3, -0.25) is 10.1 Å². The predicted octanol–water partition coefficient (Wildman–Crippen LogP) is 2.45. The Morgan fingerprint density at radius 2 is 2.19 bits per heavy atom. The van der Waals surface area contributed by atoms with Crippen molar-refractivity contribution in [2.24, 2.45) is 4.99 Å². The van der Waals surface area contributed by atoms with Gasteiger partial charge in [0.25, 0.3) is 0 Å². The van der Waals surface area contributed by atoms with Crippen molar-refractivity contribution in [3.05, 3.63) is 40.3 Å². The second kappa shape index (κ2) is 8.20. The zero-order valence-corrected chi connectivity index (χ0v) is 15.0. The summed E-state index contributed by atoms with van der Waals surface area (Å²) in [4.78, 5) is 11.9. The molecule has 3 rings (SSSR count). The number of nitrogens with zero attached hydrogens (tertiary/aromatic N) is 4. The van der Waals surface area contributed by atoms with Crippen LogP contribution in [0.2, 0.25) is 0 Å². The van der Waals surface area contributed by atoms with Crippen LogP contribution in [0.4, 0.5) is 13.2 Å². The number of thiazole rings is 1. The lowest BCUT2D eigenvalue weighted by Crippen LogP contribution is -2.38. The smallest absolute Gasteiger partial charge is 0.434 e. The van der Waals surface area contributed by atoms with E-state index in [9.17, 15) is 13.2 Å². The summed E-state index contributed by atoms with van der Waals surface area (Å²) in [6.07, 6.45) is -2.52. The molecule has 3 aromatic heterocycles. The molecule has 0 aliphatic rings. The number of halogens is 3. The van der Waals surface area contributed by atoms with E-state index >= 15 is 0 Å². The molecule has 0 aliphatic heterocycles. The number of alkyl halides is 3. The summed E-state index contributed by atoms with van der Waals surface area (Å²) in [7, 11) is 1.59. The van der Waals surface area contributed by atoms with E-state index in [1.54, 1.807) is 19.2 Å². The van der Waals surface area contributed by atoms with Crippen molar-refractivity contribution in [1.82, 2.24) is 30.8 Å². The molecule has 3 N–H and O–H groups in total. The van der Waals surface area contributed by atoms with Crippen LogP contribution in [0.1, 0.15) is 16.5 Å². The quantitative estimate of drug-likeness (QED) is 0.435. The van der Waals surface area contributed by atoms with E-state index in [4.69, 9.17) is 4.42 Å². The van der Waals surface area contributed by atoms with Crippen molar-refractivity contribution in [3.63, 3.8) is 0 Å². The highest BCUT2D eigenvalue weighted by molar-refractivity contribution is 7.09. The second-order valence-corrected chi connectivity index (χ2v) is 6.25. The van der Waals surface area contributed by atoms with Crippen molar-refractivity contribution in [1.29, 1.82) is 0 Å². The SMILES string of the molecule is CN=C(NCCc1nc(C(F)(F)F)cs1)NCc1nc(-c2ccco2)n[nH]1. The van der Waals surface area contributed by atoms with Crippen LogP contribution in [0.15, 0.2) is 33.2 Å². The number of hydrogen-bond donors (Lipinski definition) is 3. The van der Waals surface area contributed by atoms with Crippen molar-refractivity contribution >= 4 is 17.3 Å². The third-order valence-corrected chi connectivity index (χ3v) is 4.30. The molecule has 0 saturated heterocycles. The first-order valence-electron chi connectivity index (χ1n) is 7.87. The number of aliphatic imine (C=N–C) groups is 1. The summed E-state index contributed by atoms with van der Waals surface area (Å²) in [5, 5.41) is 14.3. The Bertz CT molecular complexity index is 886. The maximum Gasteiger partial charge on any atom is 0.434 e. The molecule has 8 nitrogen and oxygen atoms in total. The summed E-state index contributed by atoms with van der Waals surface area (Å²) in [6, 6.07) is 3.50. The molecule has 0 fully saturated rings. The minimum atomic E-state index is -4.41. The maximum absolute atomic E-state index is 12.5. The third kappa shape index (κ3) is 5.06. The van der Waals surface area contributed by atoms with Gasteiger partial charge in [0.2, 0.25) is 5.82 Å². The largest absolute Gasteiger partial charge is 0.461 e. The maximum atomic E-state index is 12.5. The molecule has 0 unspecified atom stereocenters. The molecule has 27 heavy (non-hydrogen) atoms. The van der Waals surface area contributed by atoms with Gasteiger partial charge in [-0.15, -0.1) is 16.4 Å². The van der Waals surface area contributed by atoms with E-state index in [0.717, 1.165) is 16.7 Å². The topological polar surface area (TPSA) is 104 Å². The van der Waals surface area contributed by atoms with Crippen LogP contribution in [-0.4, -0.2) is 39.7 Å². The Morgan fingerprint density at radius 3 is 2.85 bits per heavy atom. The van der Waals surface area contributed by atoms with E-state index in [1.165, 1.54) is 6.26 Å². The summed E-state index contributed by atoms with van der Waals surface area (Å²) < 4.78 is 42.8. The first-order valence-corrected chi connectivity index (χ1v) is 8.75. The van der Waals surface area contributed by atoms with Gasteiger partial charge in [-0.05, 0) is 12.1 Å². The van der Waals surface area contributed by atoms with Gasteiger partial charge in [0.15, 0.2) is 17.4 Å². The van der Waals surface area contributed by atoms with Crippen LogP contribution < -0.4 is 10.6 Å². The van der Waals surface area contributed by atoms with Crippen LogP contribution in [0.5, 0.6) is 0 Å². The molecule has 0 radical (unpaired) electrons. The van der Waals surface area contributed by atoms with Crippen LogP contribution >= 0.6 is 11.3 Å². The van der Waals surface area contributed by atoms with Crippen LogP contribution in [0.3, 0.4) is 0 Å². The Hall–Kier alpha value is -2.89. The predicted molar refractivity (Wildman–Crippen MR) is 93.1 cm³/mol. The zero-order valence-electron chi connectivity index (χ0n) is 14.2. The Kier molecular flexibility index (Phi) is 5.74. The van der Waals surface area contributed by atoms with Crippen LogP contribution in [0, 0.1) is 0 Å². The molecular formula is C15H16F3N7OS. The standard InChI is InChI=1S/C15H16F3N7OS/c1-19-14(20-5-4-12-22-10(8-27-12)15(16,17)18)21-7-11-23-13(25-24-11)9-3-2-6-26-9/h2-3,6,8H,4-5,7H2,1H3,(H2,19,20,21)(H,23,24,25). The fraction of sp³-hybridized carbons (Fsp3) is 0.333. The lowest BCUT2D eigenvalue weighted by Gasteiger charge is -2.09. The summed E-state index contributed by atoms with van der Waals surface area (Å²) in [5.41, 5.74) is -0.859. The fourth-order valence-corrected chi connectivity index (χ4v) is 2.93. The van der Waals surface area contributed by atoms with Gasteiger partial charge >= 0.3 is 6.18 Å². The van der Waals surface area contributed by atoms with E-state index < -0.39 is 11.9 Å². The van der Waals surface area contributed by atoms with Crippen molar-refractivity contribution in [3.8, 4) is 11.6 Å². The van der Waals surface area contributed by atoms with Crippen molar-refractivity contribution in [2.75, 3.05) is 13.6 Å². The minimum Gasteiger partial charge on any atom is -0.461 e. The van der Waals surface area contributed by atoms with Gasteiger partial charge < -0.3 is 15.1 Å². The monoisotopic (exact) mass is 399 g/mol. The van der Waals surface area contributed by atoms with Gasteiger partial charge in [0.05, 0.1) is 17.8 Å². The lowest BCUT2D eigenvalue weighted by molar-refractivity contribution is -0.140. The van der Waals surface area contributed by atoms with Crippen molar-refractivity contribution in [2.45, 2.75) is 19.1 Å². The van der Waals surface area contributed by atoms with Gasteiger partial charge in [-0.25, -0.2) is 9.97 Å². The number of aromatic nitrogens is 4. The number of hydrogen-bond acceptors (Lipinski definition) is 6.